The number of nitrogens with two attached hydrogens (primary N) is 1. The van der Waals surface area contributed by atoms with Crippen LogP contribution in [0.25, 0.3) is 0 Å². The Labute approximate surface area is 113 Å². The van der Waals surface area contributed by atoms with Gasteiger partial charge in [-0.3, -0.25) is 0 Å². The van der Waals surface area contributed by atoms with Crippen LogP contribution in [0.1, 0.15) is 50.5 Å². The van der Waals surface area contributed by atoms with Crippen LogP contribution in [0.5, 0.6) is 0 Å². The zero-order chi connectivity index (χ0) is 13.8. The van der Waals surface area contributed by atoms with Crippen LogP contribution in [0, 0.1) is 5.92 Å². The highest BCUT2D eigenvalue weighted by Gasteiger charge is 2.12. The first-order valence-electron chi connectivity index (χ1n) is 6.83. The second-order valence-electron chi connectivity index (χ2n) is 5.24. The normalized spacial score (nSPS) is 13.1. The van der Waals surface area contributed by atoms with E-state index in [1.54, 1.807) is 0 Å². The number of rotatable bonds is 6. The van der Waals surface area contributed by atoms with Crippen LogP contribution >= 0.6 is 0 Å². The molecule has 0 aliphatic carbocycles. The van der Waals surface area contributed by atoms with Crippen molar-refractivity contribution in [2.24, 2.45) is 11.7 Å². The van der Waals surface area contributed by atoms with E-state index in [2.05, 4.69) is 30.9 Å². The Bertz CT molecular complexity index is 515. The Morgan fingerprint density at radius 2 is 2.21 bits per heavy atom. The van der Waals surface area contributed by atoms with E-state index in [4.69, 9.17) is 10.3 Å². The minimum atomic E-state index is 0.0691. The average molecular weight is 262 g/mol. The van der Waals surface area contributed by atoms with Crippen LogP contribution in [-0.4, -0.2) is 14.7 Å². The maximum atomic E-state index is 6.12. The molecule has 2 N–H and O–H groups in total. The molecule has 0 spiro atoms. The van der Waals surface area contributed by atoms with E-state index < -0.39 is 0 Å². The Hall–Kier alpha value is -1.62. The number of hydrogen-bond acceptors (Lipinski definition) is 4. The summed E-state index contributed by atoms with van der Waals surface area (Å²) < 4.78 is 7.25. The molecule has 0 fully saturated rings. The van der Waals surface area contributed by atoms with Crippen LogP contribution in [0.15, 0.2) is 23.0 Å². The van der Waals surface area contributed by atoms with Gasteiger partial charge >= 0.3 is 0 Å². The van der Waals surface area contributed by atoms with Gasteiger partial charge in [0.15, 0.2) is 5.82 Å². The molecule has 0 aromatic carbocycles. The molecule has 2 aromatic heterocycles. The highest BCUT2D eigenvalue weighted by molar-refractivity contribution is 5.16. The van der Waals surface area contributed by atoms with E-state index in [1.165, 1.54) is 0 Å². The second kappa shape index (κ2) is 6.02. The van der Waals surface area contributed by atoms with Gasteiger partial charge in [0.1, 0.15) is 6.54 Å². The zero-order valence-electron chi connectivity index (χ0n) is 11.8. The smallest absolute Gasteiger partial charge is 0.246 e. The Kier molecular flexibility index (Phi) is 4.37. The molecule has 5 nitrogen and oxygen atoms in total. The largest absolute Gasteiger partial charge is 0.345 e. The SMILES string of the molecule is CCCc1noc(Cn2ccc(C(N)C(C)C)c2)n1. The van der Waals surface area contributed by atoms with Crippen molar-refractivity contribution in [3.8, 4) is 0 Å². The third-order valence-electron chi connectivity index (χ3n) is 3.18. The van der Waals surface area contributed by atoms with Crippen molar-refractivity contribution in [1.29, 1.82) is 0 Å². The molecule has 19 heavy (non-hydrogen) atoms. The molecule has 0 saturated heterocycles. The molecule has 0 bridgehead atoms. The molecule has 2 aromatic rings. The molecule has 2 heterocycles. The van der Waals surface area contributed by atoms with Crippen molar-refractivity contribution in [2.45, 2.75) is 46.2 Å². The summed E-state index contributed by atoms with van der Waals surface area (Å²) in [6.07, 6.45) is 5.93. The van der Waals surface area contributed by atoms with E-state index >= 15 is 0 Å². The quantitative estimate of drug-likeness (QED) is 0.868. The molecule has 1 atom stereocenters. The molecule has 0 amide bonds. The monoisotopic (exact) mass is 262 g/mol. The molecule has 0 radical (unpaired) electrons. The van der Waals surface area contributed by atoms with Crippen LogP contribution in [0.3, 0.4) is 0 Å². The first-order chi connectivity index (χ1) is 9.10. The van der Waals surface area contributed by atoms with Gasteiger partial charge in [0.2, 0.25) is 5.89 Å². The van der Waals surface area contributed by atoms with Gasteiger partial charge in [-0.05, 0) is 24.0 Å². The highest BCUT2D eigenvalue weighted by Crippen LogP contribution is 2.19. The summed E-state index contributed by atoms with van der Waals surface area (Å²) in [5.74, 6) is 1.85. The van der Waals surface area contributed by atoms with Gasteiger partial charge in [-0.2, -0.15) is 4.98 Å². The molecule has 0 aliphatic rings. The minimum absolute atomic E-state index is 0.0691. The van der Waals surface area contributed by atoms with Crippen molar-refractivity contribution < 1.29 is 4.52 Å². The maximum absolute atomic E-state index is 6.12. The van der Waals surface area contributed by atoms with Gasteiger partial charge in [-0.25, -0.2) is 0 Å². The molecular weight excluding hydrogens is 240 g/mol. The number of aryl methyl sites for hydroxylation is 1. The predicted molar refractivity (Wildman–Crippen MR) is 73.6 cm³/mol. The number of hydrogen-bond donors (Lipinski definition) is 1. The lowest BCUT2D eigenvalue weighted by Crippen LogP contribution is -2.15. The van der Waals surface area contributed by atoms with Gasteiger partial charge in [0.05, 0.1) is 0 Å². The van der Waals surface area contributed by atoms with E-state index in [9.17, 15) is 0 Å². The highest BCUT2D eigenvalue weighted by atomic mass is 16.5. The van der Waals surface area contributed by atoms with Gasteiger partial charge in [-0.1, -0.05) is 25.9 Å². The lowest BCUT2D eigenvalue weighted by Gasteiger charge is -2.13. The van der Waals surface area contributed by atoms with Gasteiger partial charge < -0.3 is 14.8 Å². The lowest BCUT2D eigenvalue weighted by molar-refractivity contribution is 0.366. The molecule has 0 aliphatic heterocycles. The summed E-state index contributed by atoms with van der Waals surface area (Å²) in [6, 6.07) is 2.12. The summed E-state index contributed by atoms with van der Waals surface area (Å²) in [5.41, 5.74) is 7.27. The number of aromatic nitrogens is 3. The van der Waals surface area contributed by atoms with E-state index in [0.29, 0.717) is 18.4 Å². The van der Waals surface area contributed by atoms with E-state index in [1.807, 2.05) is 23.0 Å². The Balaban J connectivity index is 2.02. The van der Waals surface area contributed by atoms with Gasteiger partial charge in [-0.15, -0.1) is 0 Å². The van der Waals surface area contributed by atoms with Crippen molar-refractivity contribution in [3.05, 3.63) is 35.7 Å². The second-order valence-corrected chi connectivity index (χ2v) is 5.24. The summed E-state index contributed by atoms with van der Waals surface area (Å²) in [7, 11) is 0. The van der Waals surface area contributed by atoms with E-state index in [-0.39, 0.29) is 6.04 Å². The fourth-order valence-electron chi connectivity index (χ4n) is 1.98. The third kappa shape index (κ3) is 3.44. The Morgan fingerprint density at radius 1 is 1.42 bits per heavy atom. The molecular formula is C14H22N4O. The summed E-state index contributed by atoms with van der Waals surface area (Å²) >= 11 is 0. The topological polar surface area (TPSA) is 69.9 Å². The fourth-order valence-corrected chi connectivity index (χ4v) is 1.98. The average Bonchev–Trinajstić information content (AvgIpc) is 2.99. The van der Waals surface area contributed by atoms with Crippen molar-refractivity contribution >= 4 is 0 Å². The summed E-state index contributed by atoms with van der Waals surface area (Å²) in [6.45, 7) is 6.94. The van der Waals surface area contributed by atoms with Crippen LogP contribution in [-0.2, 0) is 13.0 Å². The first kappa shape index (κ1) is 13.8. The van der Waals surface area contributed by atoms with Crippen molar-refractivity contribution in [3.63, 3.8) is 0 Å². The first-order valence-corrected chi connectivity index (χ1v) is 6.83. The molecule has 5 heteroatoms. The lowest BCUT2D eigenvalue weighted by atomic mass is 10.00. The molecule has 104 valence electrons. The van der Waals surface area contributed by atoms with Crippen LogP contribution < -0.4 is 5.73 Å². The predicted octanol–water partition coefficient (Wildman–Crippen LogP) is 2.53. The zero-order valence-corrected chi connectivity index (χ0v) is 11.8. The maximum Gasteiger partial charge on any atom is 0.246 e. The third-order valence-corrected chi connectivity index (χ3v) is 3.18. The number of nitrogens with zero attached hydrogens (tertiary/aromatic N) is 3. The van der Waals surface area contributed by atoms with Crippen molar-refractivity contribution in [1.82, 2.24) is 14.7 Å². The van der Waals surface area contributed by atoms with Gasteiger partial charge in [0.25, 0.3) is 0 Å². The minimum Gasteiger partial charge on any atom is -0.345 e. The summed E-state index contributed by atoms with van der Waals surface area (Å²) in [4.78, 5) is 4.35. The molecule has 2 rings (SSSR count). The van der Waals surface area contributed by atoms with Crippen LogP contribution in [0.4, 0.5) is 0 Å². The molecule has 1 unspecified atom stereocenters. The standard InChI is InChI=1S/C14H22N4O/c1-4-5-12-16-13(19-17-12)9-18-7-6-11(8-18)14(15)10(2)3/h6-8,10,14H,4-5,9,15H2,1-3H3. The van der Waals surface area contributed by atoms with Gasteiger partial charge in [0, 0.05) is 24.9 Å². The Morgan fingerprint density at radius 3 is 2.89 bits per heavy atom. The fraction of sp³-hybridized carbons (Fsp3) is 0.571. The summed E-state index contributed by atoms with van der Waals surface area (Å²) in [5, 5.41) is 3.95. The van der Waals surface area contributed by atoms with E-state index in [0.717, 1.165) is 24.2 Å². The van der Waals surface area contributed by atoms with Crippen LogP contribution in [0.2, 0.25) is 0 Å². The van der Waals surface area contributed by atoms with Crippen molar-refractivity contribution in [2.75, 3.05) is 0 Å². The molecule has 0 saturated carbocycles.